The third-order valence-corrected chi connectivity index (χ3v) is 4.24. The minimum Gasteiger partial charge on any atom is -0.481 e. The molecule has 0 aliphatic heterocycles. The molecule has 4 nitrogen and oxygen atoms in total. The van der Waals surface area contributed by atoms with E-state index in [1.807, 2.05) is 0 Å². The predicted octanol–water partition coefficient (Wildman–Crippen LogP) is 1.43. The van der Waals surface area contributed by atoms with Gasteiger partial charge < -0.3 is 9.84 Å². The topological polar surface area (TPSA) is 55.2 Å². The van der Waals surface area contributed by atoms with Crippen molar-refractivity contribution >= 4 is 0 Å². The lowest BCUT2D eigenvalue weighted by Gasteiger charge is -2.12. The van der Waals surface area contributed by atoms with Gasteiger partial charge in [-0.3, -0.25) is 0 Å². The van der Waals surface area contributed by atoms with Crippen molar-refractivity contribution in [2.45, 2.75) is 31.8 Å². The third kappa shape index (κ3) is 2.02. The number of aromatic nitrogens is 2. The highest BCUT2D eigenvalue weighted by Gasteiger charge is 2.55. The van der Waals surface area contributed by atoms with E-state index in [0.717, 1.165) is 17.5 Å². The number of hydrogen-bond donors (Lipinski definition) is 1. The van der Waals surface area contributed by atoms with E-state index >= 15 is 0 Å². The first kappa shape index (κ1) is 11.0. The van der Waals surface area contributed by atoms with E-state index in [0.29, 0.717) is 18.2 Å². The summed E-state index contributed by atoms with van der Waals surface area (Å²) >= 11 is 0. The summed E-state index contributed by atoms with van der Waals surface area (Å²) in [5.41, 5.74) is 0.870. The summed E-state index contributed by atoms with van der Waals surface area (Å²) < 4.78 is 5.05. The van der Waals surface area contributed by atoms with Gasteiger partial charge in [0.05, 0.1) is 18.9 Å². The summed E-state index contributed by atoms with van der Waals surface area (Å²) in [6, 6.07) is 1.81. The van der Waals surface area contributed by atoms with Gasteiger partial charge in [0.1, 0.15) is 6.33 Å². The quantitative estimate of drug-likeness (QED) is 0.856. The lowest BCUT2D eigenvalue weighted by atomic mass is 10.0. The Morgan fingerprint density at radius 1 is 1.41 bits per heavy atom. The van der Waals surface area contributed by atoms with Crippen molar-refractivity contribution in [2.24, 2.45) is 17.8 Å². The Labute approximate surface area is 101 Å². The fraction of sp³-hybridized carbons (Fsp3) is 0.692. The first-order valence-electron chi connectivity index (χ1n) is 6.32. The van der Waals surface area contributed by atoms with Crippen LogP contribution in [0.5, 0.6) is 5.88 Å². The number of aliphatic hydroxyl groups is 1. The van der Waals surface area contributed by atoms with Gasteiger partial charge in [0.2, 0.25) is 5.88 Å². The van der Waals surface area contributed by atoms with E-state index in [1.165, 1.54) is 25.6 Å². The van der Waals surface area contributed by atoms with E-state index in [2.05, 4.69) is 9.97 Å². The zero-order valence-electron chi connectivity index (χ0n) is 10.0. The lowest BCUT2D eigenvalue weighted by molar-refractivity contribution is 0.134. The second-order valence-corrected chi connectivity index (χ2v) is 5.16. The van der Waals surface area contributed by atoms with Gasteiger partial charge in [0.15, 0.2) is 0 Å². The minimum atomic E-state index is -0.245. The Morgan fingerprint density at radius 3 is 2.88 bits per heavy atom. The average Bonchev–Trinajstić information content (AvgIpc) is 2.84. The number of fused-ring (bicyclic) bond motifs is 1. The van der Waals surface area contributed by atoms with Crippen molar-refractivity contribution in [3.8, 4) is 5.88 Å². The maximum absolute atomic E-state index is 10.2. The maximum Gasteiger partial charge on any atom is 0.216 e. The molecule has 2 saturated carbocycles. The van der Waals surface area contributed by atoms with E-state index in [-0.39, 0.29) is 6.10 Å². The van der Waals surface area contributed by atoms with E-state index in [1.54, 1.807) is 13.2 Å². The molecular formula is C13H18N2O2. The zero-order valence-corrected chi connectivity index (χ0v) is 10.0. The van der Waals surface area contributed by atoms with Crippen LogP contribution < -0.4 is 4.74 Å². The first-order valence-corrected chi connectivity index (χ1v) is 6.32. The number of rotatable bonds is 4. The molecule has 4 heteroatoms. The van der Waals surface area contributed by atoms with Gasteiger partial charge in [-0.15, -0.1) is 0 Å². The second kappa shape index (κ2) is 4.26. The number of methoxy groups -OCH3 is 1. The standard InChI is InChI=1S/C13H18N2O2/c1-17-12-6-8(14-7-15-12)5-11(16)13-9-3-2-4-10(9)13/h6-7,9-11,13,16H,2-5H2,1H3. The summed E-state index contributed by atoms with van der Waals surface area (Å²) in [4.78, 5) is 8.15. The maximum atomic E-state index is 10.2. The van der Waals surface area contributed by atoms with Crippen LogP contribution in [0, 0.1) is 17.8 Å². The molecule has 0 bridgehead atoms. The highest BCUT2D eigenvalue weighted by atomic mass is 16.5. The molecule has 92 valence electrons. The van der Waals surface area contributed by atoms with Gasteiger partial charge in [0.25, 0.3) is 0 Å². The molecule has 0 amide bonds. The number of nitrogens with zero attached hydrogens (tertiary/aromatic N) is 2. The van der Waals surface area contributed by atoms with Gasteiger partial charge in [0, 0.05) is 12.5 Å². The molecule has 2 fully saturated rings. The van der Waals surface area contributed by atoms with E-state index < -0.39 is 0 Å². The minimum absolute atomic E-state index is 0.245. The summed E-state index contributed by atoms with van der Waals surface area (Å²) in [6.07, 6.45) is 5.83. The summed E-state index contributed by atoms with van der Waals surface area (Å²) in [6.45, 7) is 0. The monoisotopic (exact) mass is 234 g/mol. The SMILES string of the molecule is COc1cc(CC(O)C2C3CCCC32)ncn1. The second-order valence-electron chi connectivity index (χ2n) is 5.16. The predicted molar refractivity (Wildman–Crippen MR) is 62.6 cm³/mol. The zero-order chi connectivity index (χ0) is 11.8. The molecule has 0 aromatic carbocycles. The van der Waals surface area contributed by atoms with E-state index in [9.17, 15) is 5.11 Å². The van der Waals surface area contributed by atoms with Crippen molar-refractivity contribution in [1.29, 1.82) is 0 Å². The largest absolute Gasteiger partial charge is 0.481 e. The van der Waals surface area contributed by atoms with Crippen LogP contribution in [0.15, 0.2) is 12.4 Å². The highest BCUT2D eigenvalue weighted by Crippen LogP contribution is 2.59. The fourth-order valence-electron chi connectivity index (χ4n) is 3.40. The number of ether oxygens (including phenoxy) is 1. The summed E-state index contributed by atoms with van der Waals surface area (Å²) in [5.74, 6) is 2.66. The molecule has 1 aromatic rings. The van der Waals surface area contributed by atoms with Gasteiger partial charge >= 0.3 is 0 Å². The Morgan fingerprint density at radius 2 is 2.18 bits per heavy atom. The Bertz CT molecular complexity index is 400. The van der Waals surface area contributed by atoms with Gasteiger partial charge in [-0.25, -0.2) is 9.97 Å². The van der Waals surface area contributed by atoms with Gasteiger partial charge in [-0.1, -0.05) is 6.42 Å². The molecule has 2 aliphatic rings. The third-order valence-electron chi connectivity index (χ3n) is 4.24. The van der Waals surface area contributed by atoms with Crippen LogP contribution >= 0.6 is 0 Å². The van der Waals surface area contributed by atoms with Crippen LogP contribution in [-0.2, 0) is 6.42 Å². The molecule has 1 aromatic heterocycles. The molecule has 0 radical (unpaired) electrons. The summed E-state index contributed by atoms with van der Waals surface area (Å²) in [7, 11) is 1.59. The van der Waals surface area contributed by atoms with Crippen LogP contribution in [0.4, 0.5) is 0 Å². The molecule has 3 rings (SSSR count). The van der Waals surface area contributed by atoms with Crippen LogP contribution in [0.1, 0.15) is 25.0 Å². The first-order chi connectivity index (χ1) is 8.29. The van der Waals surface area contributed by atoms with Crippen LogP contribution in [0.3, 0.4) is 0 Å². The molecule has 1 N–H and O–H groups in total. The molecule has 1 heterocycles. The molecular weight excluding hydrogens is 216 g/mol. The highest BCUT2D eigenvalue weighted by molar-refractivity contribution is 5.15. The van der Waals surface area contributed by atoms with Crippen molar-refractivity contribution in [3.05, 3.63) is 18.1 Å². The van der Waals surface area contributed by atoms with Crippen molar-refractivity contribution < 1.29 is 9.84 Å². The number of aliphatic hydroxyl groups excluding tert-OH is 1. The lowest BCUT2D eigenvalue weighted by Crippen LogP contribution is -2.17. The molecule has 3 unspecified atom stereocenters. The molecule has 2 aliphatic carbocycles. The van der Waals surface area contributed by atoms with Crippen molar-refractivity contribution in [1.82, 2.24) is 9.97 Å². The summed E-state index contributed by atoms with van der Waals surface area (Å²) in [5, 5.41) is 10.2. The molecule has 17 heavy (non-hydrogen) atoms. The van der Waals surface area contributed by atoms with Crippen LogP contribution in [0.2, 0.25) is 0 Å². The normalized spacial score (nSPS) is 32.0. The van der Waals surface area contributed by atoms with Crippen molar-refractivity contribution in [2.75, 3.05) is 7.11 Å². The fourth-order valence-corrected chi connectivity index (χ4v) is 3.40. The number of hydrogen-bond acceptors (Lipinski definition) is 4. The Balaban J connectivity index is 1.62. The van der Waals surface area contributed by atoms with Crippen LogP contribution in [0.25, 0.3) is 0 Å². The van der Waals surface area contributed by atoms with Gasteiger partial charge in [-0.05, 0) is 30.6 Å². The average molecular weight is 234 g/mol. The Hall–Kier alpha value is -1.16. The molecule has 0 saturated heterocycles. The Kier molecular flexibility index (Phi) is 2.74. The van der Waals surface area contributed by atoms with Gasteiger partial charge in [-0.2, -0.15) is 0 Å². The van der Waals surface area contributed by atoms with E-state index in [4.69, 9.17) is 4.74 Å². The smallest absolute Gasteiger partial charge is 0.216 e. The molecule has 0 spiro atoms. The molecule has 3 atom stereocenters. The van der Waals surface area contributed by atoms with Crippen molar-refractivity contribution in [3.63, 3.8) is 0 Å². The van der Waals surface area contributed by atoms with Crippen LogP contribution in [-0.4, -0.2) is 28.3 Å².